The zero-order valence-electron chi connectivity index (χ0n) is 12.3. The highest BCUT2D eigenvalue weighted by molar-refractivity contribution is 7.90. The van der Waals surface area contributed by atoms with Crippen LogP contribution in [0.15, 0.2) is 0 Å². The highest BCUT2D eigenvalue weighted by Crippen LogP contribution is 2.31. The van der Waals surface area contributed by atoms with Gasteiger partial charge in [0.15, 0.2) is 0 Å². The van der Waals surface area contributed by atoms with Crippen molar-refractivity contribution < 1.29 is 23.1 Å². The molecular formula is C13H25NO5S. The average molecular weight is 307 g/mol. The maximum Gasteiger partial charge on any atom is 0.310 e. The minimum Gasteiger partial charge on any atom is -0.469 e. The molecule has 1 aliphatic rings. The summed E-state index contributed by atoms with van der Waals surface area (Å²) < 4.78 is 31.5. The van der Waals surface area contributed by atoms with Crippen molar-refractivity contribution in [3.05, 3.63) is 0 Å². The van der Waals surface area contributed by atoms with Crippen molar-refractivity contribution in [3.63, 3.8) is 0 Å². The number of esters is 1. The zero-order valence-corrected chi connectivity index (χ0v) is 13.1. The molecule has 1 fully saturated rings. The van der Waals surface area contributed by atoms with Gasteiger partial charge >= 0.3 is 5.97 Å². The Labute approximate surface area is 120 Å². The van der Waals surface area contributed by atoms with E-state index in [1.165, 1.54) is 7.11 Å². The number of carbonyl (C=O) groups excluding carboxylic acids is 1. The molecule has 0 aliphatic heterocycles. The average Bonchev–Trinajstić information content (AvgIpc) is 2.84. The van der Waals surface area contributed by atoms with Gasteiger partial charge in [0, 0.05) is 6.54 Å². The molecule has 0 heterocycles. The van der Waals surface area contributed by atoms with Crippen LogP contribution in [-0.2, 0) is 19.6 Å². The summed E-state index contributed by atoms with van der Waals surface area (Å²) in [4.78, 5) is 11.6. The normalized spacial score (nSPS) is 24.9. The summed E-state index contributed by atoms with van der Waals surface area (Å²) in [5.74, 6) is -0.774. The topological polar surface area (TPSA) is 92.7 Å². The molecule has 0 saturated heterocycles. The fraction of sp³-hybridized carbons (Fsp3) is 0.923. The number of methoxy groups -OCH3 is 1. The van der Waals surface area contributed by atoms with Crippen LogP contribution in [0.4, 0.5) is 0 Å². The molecule has 3 unspecified atom stereocenters. The van der Waals surface area contributed by atoms with E-state index >= 15 is 0 Å². The summed E-state index contributed by atoms with van der Waals surface area (Å²) in [5.41, 5.74) is 0. The number of carbonyl (C=O) groups is 1. The summed E-state index contributed by atoms with van der Waals surface area (Å²) in [6.45, 7) is 3.91. The lowest BCUT2D eigenvalue weighted by Crippen LogP contribution is -2.42. The largest absolute Gasteiger partial charge is 0.469 e. The Kier molecular flexibility index (Phi) is 6.42. The Morgan fingerprint density at radius 3 is 2.60 bits per heavy atom. The molecule has 1 saturated carbocycles. The molecule has 7 heteroatoms. The summed E-state index contributed by atoms with van der Waals surface area (Å²) >= 11 is 0. The van der Waals surface area contributed by atoms with Crippen molar-refractivity contribution in [2.45, 2.75) is 50.9 Å². The van der Waals surface area contributed by atoms with Crippen molar-refractivity contribution in [2.24, 2.45) is 11.8 Å². The van der Waals surface area contributed by atoms with Crippen LogP contribution in [0.3, 0.4) is 0 Å². The highest BCUT2D eigenvalue weighted by Gasteiger charge is 2.42. The maximum absolute atomic E-state index is 12.2. The van der Waals surface area contributed by atoms with Crippen molar-refractivity contribution in [1.82, 2.24) is 4.72 Å². The standard InChI is InChI=1S/C13H25NO5S/c1-9(2)7-10(15)8-14-20(17,18)12-6-4-5-11(12)13(16)19-3/h9-12,14-15H,4-8H2,1-3H3. The van der Waals surface area contributed by atoms with Crippen LogP contribution >= 0.6 is 0 Å². The fourth-order valence-corrected chi connectivity index (χ4v) is 4.46. The number of ether oxygens (including phenoxy) is 1. The van der Waals surface area contributed by atoms with E-state index in [0.717, 1.165) is 0 Å². The van der Waals surface area contributed by atoms with E-state index in [9.17, 15) is 18.3 Å². The third-order valence-electron chi connectivity index (χ3n) is 3.62. The van der Waals surface area contributed by atoms with Gasteiger partial charge in [0.2, 0.25) is 10.0 Å². The Balaban J connectivity index is 2.61. The fourth-order valence-electron chi connectivity index (χ4n) is 2.67. The predicted molar refractivity (Wildman–Crippen MR) is 75.5 cm³/mol. The number of sulfonamides is 1. The monoisotopic (exact) mass is 307 g/mol. The highest BCUT2D eigenvalue weighted by atomic mass is 32.2. The number of hydrogen-bond donors (Lipinski definition) is 2. The molecule has 6 nitrogen and oxygen atoms in total. The van der Waals surface area contributed by atoms with Crippen LogP contribution < -0.4 is 4.72 Å². The van der Waals surface area contributed by atoms with Gasteiger partial charge < -0.3 is 9.84 Å². The van der Waals surface area contributed by atoms with Crippen molar-refractivity contribution in [1.29, 1.82) is 0 Å². The van der Waals surface area contributed by atoms with Gasteiger partial charge in [0.25, 0.3) is 0 Å². The molecule has 0 aromatic heterocycles. The molecule has 0 spiro atoms. The van der Waals surface area contributed by atoms with Crippen LogP contribution in [0.2, 0.25) is 0 Å². The number of hydrogen-bond acceptors (Lipinski definition) is 5. The Hall–Kier alpha value is -0.660. The van der Waals surface area contributed by atoms with Crippen LogP contribution in [-0.4, -0.2) is 44.5 Å². The Morgan fingerprint density at radius 1 is 1.40 bits per heavy atom. The van der Waals surface area contributed by atoms with E-state index in [0.29, 0.717) is 31.6 Å². The minimum absolute atomic E-state index is 0.00902. The van der Waals surface area contributed by atoms with Crippen LogP contribution in [0, 0.1) is 11.8 Å². The second kappa shape index (κ2) is 7.38. The first-order valence-corrected chi connectivity index (χ1v) is 8.57. The first kappa shape index (κ1) is 17.4. The third-order valence-corrected chi connectivity index (χ3v) is 5.55. The van der Waals surface area contributed by atoms with Crippen molar-refractivity contribution >= 4 is 16.0 Å². The predicted octanol–water partition coefficient (Wildman–Crippen LogP) is 0.654. The van der Waals surface area contributed by atoms with Gasteiger partial charge in [-0.25, -0.2) is 13.1 Å². The second-order valence-corrected chi connectivity index (χ2v) is 7.76. The first-order chi connectivity index (χ1) is 9.27. The molecule has 3 atom stereocenters. The van der Waals surface area contributed by atoms with Crippen LogP contribution in [0.25, 0.3) is 0 Å². The second-order valence-electron chi connectivity index (χ2n) is 5.78. The van der Waals surface area contributed by atoms with Crippen molar-refractivity contribution in [3.8, 4) is 0 Å². The summed E-state index contributed by atoms with van der Waals surface area (Å²) in [6.07, 6.45) is 1.51. The lowest BCUT2D eigenvalue weighted by molar-refractivity contribution is -0.145. The summed E-state index contributed by atoms with van der Waals surface area (Å²) in [5, 5.41) is 8.98. The third kappa shape index (κ3) is 4.71. The SMILES string of the molecule is COC(=O)C1CCCC1S(=O)(=O)NCC(O)CC(C)C. The van der Waals surface area contributed by atoms with Crippen LogP contribution in [0.1, 0.15) is 39.5 Å². The van der Waals surface area contributed by atoms with Crippen molar-refractivity contribution in [2.75, 3.05) is 13.7 Å². The molecular weight excluding hydrogens is 282 g/mol. The smallest absolute Gasteiger partial charge is 0.310 e. The molecule has 1 aliphatic carbocycles. The Morgan fingerprint density at radius 2 is 2.05 bits per heavy atom. The number of rotatable bonds is 7. The molecule has 118 valence electrons. The maximum atomic E-state index is 12.2. The van der Waals surface area contributed by atoms with E-state index in [2.05, 4.69) is 9.46 Å². The van der Waals surface area contributed by atoms with Gasteiger partial charge in [-0.15, -0.1) is 0 Å². The molecule has 0 aromatic rings. The van der Waals surface area contributed by atoms with Crippen LogP contribution in [0.5, 0.6) is 0 Å². The molecule has 1 rings (SSSR count). The molecule has 20 heavy (non-hydrogen) atoms. The van der Waals surface area contributed by atoms with E-state index in [4.69, 9.17) is 0 Å². The number of nitrogens with one attached hydrogen (secondary N) is 1. The lowest BCUT2D eigenvalue weighted by atomic mass is 10.1. The van der Waals surface area contributed by atoms with Gasteiger partial charge in [-0.3, -0.25) is 4.79 Å². The van der Waals surface area contributed by atoms with E-state index in [-0.39, 0.29) is 6.54 Å². The van der Waals surface area contributed by atoms with Gasteiger partial charge in [-0.1, -0.05) is 20.3 Å². The van der Waals surface area contributed by atoms with Gasteiger partial charge in [0.05, 0.1) is 24.4 Å². The molecule has 0 radical (unpaired) electrons. The van der Waals surface area contributed by atoms with Gasteiger partial charge in [-0.05, 0) is 25.2 Å². The lowest BCUT2D eigenvalue weighted by Gasteiger charge is -2.20. The molecule has 0 bridgehead atoms. The number of aliphatic hydroxyl groups is 1. The first-order valence-electron chi connectivity index (χ1n) is 7.02. The Bertz CT molecular complexity index is 420. The van der Waals surface area contributed by atoms with E-state index in [1.807, 2.05) is 13.8 Å². The summed E-state index contributed by atoms with van der Waals surface area (Å²) in [7, 11) is -2.34. The van der Waals surface area contributed by atoms with Gasteiger partial charge in [0.1, 0.15) is 0 Å². The molecule has 0 aromatic carbocycles. The minimum atomic E-state index is -3.61. The zero-order chi connectivity index (χ0) is 15.3. The molecule has 0 amide bonds. The van der Waals surface area contributed by atoms with Gasteiger partial charge in [-0.2, -0.15) is 0 Å². The van der Waals surface area contributed by atoms with E-state index in [1.54, 1.807) is 0 Å². The number of aliphatic hydroxyl groups excluding tert-OH is 1. The quantitative estimate of drug-likeness (QED) is 0.674. The molecule has 2 N–H and O–H groups in total. The summed E-state index contributed by atoms with van der Waals surface area (Å²) in [6, 6.07) is 0. The van der Waals surface area contributed by atoms with E-state index < -0.39 is 33.3 Å².